The number of nitrogens with zero attached hydrogens (tertiary/aromatic N) is 2. The Labute approximate surface area is 120 Å². The Hall–Kier alpha value is -1.46. The molecule has 0 spiro atoms. The lowest BCUT2D eigenvalue weighted by atomic mass is 9.92. The fraction of sp³-hybridized carbons (Fsp3) is 0.357. The van der Waals surface area contributed by atoms with E-state index in [1.807, 2.05) is 13.8 Å². The van der Waals surface area contributed by atoms with Gasteiger partial charge in [0.05, 0.1) is 16.9 Å². The summed E-state index contributed by atoms with van der Waals surface area (Å²) in [5.74, 6) is -1.51. The molecule has 108 valence electrons. The summed E-state index contributed by atoms with van der Waals surface area (Å²) in [7, 11) is 0. The Morgan fingerprint density at radius 1 is 1.25 bits per heavy atom. The van der Waals surface area contributed by atoms with Gasteiger partial charge in [0.15, 0.2) is 0 Å². The molecule has 0 saturated heterocycles. The lowest BCUT2D eigenvalue weighted by Crippen LogP contribution is -2.28. The zero-order valence-corrected chi connectivity index (χ0v) is 12.1. The average Bonchev–Trinajstić information content (AvgIpc) is 2.70. The molecule has 1 unspecified atom stereocenters. The summed E-state index contributed by atoms with van der Waals surface area (Å²) in [6.45, 7) is 5.17. The molecular weight excluding hydrogens is 286 g/mol. The van der Waals surface area contributed by atoms with Crippen LogP contribution in [-0.4, -0.2) is 14.9 Å². The lowest BCUT2D eigenvalue weighted by molar-refractivity contribution is 0.0894. The summed E-state index contributed by atoms with van der Waals surface area (Å²) in [5.41, 5.74) is -1.26. The quantitative estimate of drug-likeness (QED) is 0.939. The zero-order chi connectivity index (χ0) is 15.1. The van der Waals surface area contributed by atoms with Crippen LogP contribution < -0.4 is 0 Å². The number of benzene rings is 1. The topological polar surface area (TPSA) is 38.0 Å². The molecule has 0 aliphatic heterocycles. The van der Waals surface area contributed by atoms with Crippen molar-refractivity contribution in [1.82, 2.24) is 9.78 Å². The highest BCUT2D eigenvalue weighted by atomic mass is 35.5. The molecule has 2 aromatic rings. The van der Waals surface area contributed by atoms with Crippen LogP contribution in [0.15, 0.2) is 24.4 Å². The summed E-state index contributed by atoms with van der Waals surface area (Å²) < 4.78 is 28.2. The molecule has 0 aliphatic rings. The molecule has 1 aromatic carbocycles. The molecule has 1 aromatic heterocycles. The molecule has 1 atom stereocenters. The van der Waals surface area contributed by atoms with Crippen LogP contribution in [0, 0.1) is 11.6 Å². The largest absolute Gasteiger partial charge is 0.379 e. The van der Waals surface area contributed by atoms with Crippen molar-refractivity contribution in [2.45, 2.75) is 32.4 Å². The third-order valence-electron chi connectivity index (χ3n) is 3.13. The van der Waals surface area contributed by atoms with Gasteiger partial charge in [0, 0.05) is 12.1 Å². The molecule has 6 heteroatoms. The second-order valence-electron chi connectivity index (χ2n) is 5.11. The minimum Gasteiger partial charge on any atom is -0.379 e. The molecule has 0 fully saturated rings. The van der Waals surface area contributed by atoms with Gasteiger partial charge in [0.25, 0.3) is 0 Å². The van der Waals surface area contributed by atoms with Crippen LogP contribution in [0.3, 0.4) is 0 Å². The molecule has 1 N–H and O–H groups in total. The van der Waals surface area contributed by atoms with E-state index in [9.17, 15) is 13.9 Å². The first-order chi connectivity index (χ1) is 9.23. The fourth-order valence-electron chi connectivity index (χ4n) is 2.16. The van der Waals surface area contributed by atoms with E-state index < -0.39 is 17.2 Å². The molecule has 0 amide bonds. The van der Waals surface area contributed by atoms with E-state index >= 15 is 0 Å². The van der Waals surface area contributed by atoms with Crippen LogP contribution in [0.5, 0.6) is 0 Å². The lowest BCUT2D eigenvalue weighted by Gasteiger charge is -2.27. The molecule has 0 radical (unpaired) electrons. The predicted octanol–water partition coefficient (Wildman–Crippen LogP) is 3.65. The standard InChI is InChI=1S/C14H15ClF2N2O/c1-8(2)19-13(12(15)7-18-19)14(3,20)9-4-10(16)6-11(17)5-9/h4-8,20H,1-3H3. The molecular formula is C14H15ClF2N2O. The van der Waals surface area contributed by atoms with Crippen molar-refractivity contribution in [2.24, 2.45) is 0 Å². The van der Waals surface area contributed by atoms with E-state index in [4.69, 9.17) is 11.6 Å². The molecule has 20 heavy (non-hydrogen) atoms. The molecule has 0 bridgehead atoms. The van der Waals surface area contributed by atoms with Crippen molar-refractivity contribution in [3.8, 4) is 0 Å². The minimum atomic E-state index is -1.65. The van der Waals surface area contributed by atoms with Gasteiger partial charge in [-0.25, -0.2) is 8.78 Å². The Bertz CT molecular complexity index is 618. The summed E-state index contributed by atoms with van der Waals surface area (Å²) in [5, 5.41) is 15.1. The predicted molar refractivity (Wildman–Crippen MR) is 72.7 cm³/mol. The molecule has 0 saturated carbocycles. The third-order valence-corrected chi connectivity index (χ3v) is 3.40. The number of aliphatic hydroxyl groups is 1. The highest BCUT2D eigenvalue weighted by Gasteiger charge is 2.33. The Morgan fingerprint density at radius 2 is 1.80 bits per heavy atom. The highest BCUT2D eigenvalue weighted by Crippen LogP contribution is 2.35. The van der Waals surface area contributed by atoms with Crippen molar-refractivity contribution < 1.29 is 13.9 Å². The number of aromatic nitrogens is 2. The van der Waals surface area contributed by atoms with E-state index in [-0.39, 0.29) is 16.6 Å². The van der Waals surface area contributed by atoms with Gasteiger partial charge in [0.2, 0.25) is 0 Å². The van der Waals surface area contributed by atoms with Gasteiger partial charge < -0.3 is 5.11 Å². The van der Waals surface area contributed by atoms with Gasteiger partial charge in [-0.3, -0.25) is 4.68 Å². The fourth-order valence-corrected chi connectivity index (χ4v) is 2.47. The average molecular weight is 301 g/mol. The number of halogens is 3. The Kier molecular flexibility index (Phi) is 3.84. The van der Waals surface area contributed by atoms with Crippen molar-refractivity contribution in [2.75, 3.05) is 0 Å². The molecule has 0 aliphatic carbocycles. The summed E-state index contributed by atoms with van der Waals surface area (Å²) >= 11 is 6.07. The molecule has 3 nitrogen and oxygen atoms in total. The second-order valence-corrected chi connectivity index (χ2v) is 5.52. The van der Waals surface area contributed by atoms with E-state index in [1.165, 1.54) is 17.8 Å². The normalized spacial score (nSPS) is 14.6. The maximum atomic E-state index is 13.4. The zero-order valence-electron chi connectivity index (χ0n) is 11.4. The SMILES string of the molecule is CC(C)n1ncc(Cl)c1C(C)(O)c1cc(F)cc(F)c1. The first-order valence-corrected chi connectivity index (χ1v) is 6.53. The van der Waals surface area contributed by atoms with Crippen LogP contribution in [0.2, 0.25) is 5.02 Å². The van der Waals surface area contributed by atoms with Crippen LogP contribution >= 0.6 is 11.6 Å². The minimum absolute atomic E-state index is 0.0534. The van der Waals surface area contributed by atoms with E-state index in [0.29, 0.717) is 5.69 Å². The molecule has 1 heterocycles. The summed E-state index contributed by atoms with van der Waals surface area (Å²) in [4.78, 5) is 0. The monoisotopic (exact) mass is 300 g/mol. The third kappa shape index (κ3) is 2.55. The van der Waals surface area contributed by atoms with Gasteiger partial charge in [-0.1, -0.05) is 11.6 Å². The van der Waals surface area contributed by atoms with E-state index in [0.717, 1.165) is 18.2 Å². The van der Waals surface area contributed by atoms with Gasteiger partial charge in [0.1, 0.15) is 17.2 Å². The second kappa shape index (κ2) is 5.14. The molecule has 2 rings (SSSR count). The van der Waals surface area contributed by atoms with Crippen molar-refractivity contribution >= 4 is 11.6 Å². The first-order valence-electron chi connectivity index (χ1n) is 6.16. The van der Waals surface area contributed by atoms with E-state index in [1.54, 1.807) is 0 Å². The first kappa shape index (κ1) is 14.9. The van der Waals surface area contributed by atoms with Crippen LogP contribution in [0.4, 0.5) is 8.78 Å². The summed E-state index contributed by atoms with van der Waals surface area (Å²) in [6.07, 6.45) is 1.40. The van der Waals surface area contributed by atoms with E-state index in [2.05, 4.69) is 5.10 Å². The van der Waals surface area contributed by atoms with Gasteiger partial charge in [-0.2, -0.15) is 5.10 Å². The number of rotatable bonds is 3. The summed E-state index contributed by atoms with van der Waals surface area (Å²) in [6, 6.07) is 2.86. The number of hydrogen-bond acceptors (Lipinski definition) is 2. The highest BCUT2D eigenvalue weighted by molar-refractivity contribution is 6.31. The number of hydrogen-bond donors (Lipinski definition) is 1. The van der Waals surface area contributed by atoms with Crippen LogP contribution in [0.1, 0.15) is 38.1 Å². The van der Waals surface area contributed by atoms with Crippen molar-refractivity contribution in [3.05, 3.63) is 52.3 Å². The van der Waals surface area contributed by atoms with Gasteiger partial charge >= 0.3 is 0 Å². The smallest absolute Gasteiger partial charge is 0.130 e. The Morgan fingerprint density at radius 3 is 2.30 bits per heavy atom. The maximum Gasteiger partial charge on any atom is 0.130 e. The van der Waals surface area contributed by atoms with Crippen molar-refractivity contribution in [1.29, 1.82) is 0 Å². The van der Waals surface area contributed by atoms with Crippen molar-refractivity contribution in [3.63, 3.8) is 0 Å². The Balaban J connectivity index is 2.63. The van der Waals surface area contributed by atoms with Gasteiger partial charge in [-0.05, 0) is 38.5 Å². The van der Waals surface area contributed by atoms with Crippen LogP contribution in [-0.2, 0) is 5.60 Å². The van der Waals surface area contributed by atoms with Crippen LogP contribution in [0.25, 0.3) is 0 Å². The maximum absolute atomic E-state index is 13.4. The van der Waals surface area contributed by atoms with Gasteiger partial charge in [-0.15, -0.1) is 0 Å².